The van der Waals surface area contributed by atoms with Gasteiger partial charge in [0.05, 0.1) is 12.7 Å². The summed E-state index contributed by atoms with van der Waals surface area (Å²) in [6, 6.07) is 1.85. The molecule has 0 unspecified atom stereocenters. The van der Waals surface area contributed by atoms with Crippen molar-refractivity contribution in [3.63, 3.8) is 0 Å². The summed E-state index contributed by atoms with van der Waals surface area (Å²) in [7, 11) is 5.11. The first kappa shape index (κ1) is 8.84. The third kappa shape index (κ3) is 1.67. The van der Waals surface area contributed by atoms with Gasteiger partial charge < -0.3 is 4.74 Å². The summed E-state index contributed by atoms with van der Waals surface area (Å²) in [5.41, 5.74) is 2.33. The Morgan fingerprint density at radius 3 is 2.75 bits per heavy atom. The van der Waals surface area contributed by atoms with Crippen LogP contribution in [0.15, 0.2) is 12.3 Å². The van der Waals surface area contributed by atoms with E-state index in [0.29, 0.717) is 5.56 Å². The Morgan fingerprint density at radius 1 is 1.58 bits per heavy atom. The molecule has 1 aromatic heterocycles. The third-order valence-corrected chi connectivity index (χ3v) is 1.65. The molecule has 0 saturated heterocycles. The van der Waals surface area contributed by atoms with Gasteiger partial charge in [0.25, 0.3) is 0 Å². The Kier molecular flexibility index (Phi) is 2.53. The standard InChI is InChI=1S/C7H9B2NO2/c1-12-7(11)4-3-10-6(9)2-5(4)8/h2-3H,8-9H2,1H3. The second kappa shape index (κ2) is 3.43. The fourth-order valence-electron chi connectivity index (χ4n) is 1.02. The molecule has 60 valence electrons. The summed E-state index contributed by atoms with van der Waals surface area (Å²) in [5, 5.41) is 0. The van der Waals surface area contributed by atoms with Gasteiger partial charge in [-0.25, -0.2) is 4.79 Å². The molecular weight excluding hydrogens is 152 g/mol. The van der Waals surface area contributed by atoms with Crippen LogP contribution in [0.4, 0.5) is 0 Å². The van der Waals surface area contributed by atoms with E-state index in [1.54, 1.807) is 0 Å². The molecular formula is C7H9B2NO2. The molecule has 0 atom stereocenters. The molecule has 5 heteroatoms. The monoisotopic (exact) mass is 161 g/mol. The summed E-state index contributed by atoms with van der Waals surface area (Å²) < 4.78 is 4.58. The molecule has 0 aromatic carbocycles. The van der Waals surface area contributed by atoms with Gasteiger partial charge in [-0.15, -0.1) is 0 Å². The number of ether oxygens (including phenoxy) is 1. The lowest BCUT2D eigenvalue weighted by Crippen LogP contribution is -2.24. The number of carbonyl (C=O) groups excluding carboxylic acids is 1. The van der Waals surface area contributed by atoms with Crippen LogP contribution < -0.4 is 11.1 Å². The Bertz CT molecular complexity index is 314. The highest BCUT2D eigenvalue weighted by Gasteiger charge is 2.08. The van der Waals surface area contributed by atoms with Crippen molar-refractivity contribution >= 4 is 32.7 Å². The normalized spacial score (nSPS) is 9.42. The fraction of sp³-hybridized carbons (Fsp3) is 0.143. The molecule has 1 heterocycles. The minimum absolute atomic E-state index is 0.333. The Hall–Kier alpha value is -1.25. The smallest absolute Gasteiger partial charge is 0.338 e. The molecule has 0 N–H and O–H groups in total. The topological polar surface area (TPSA) is 39.2 Å². The van der Waals surface area contributed by atoms with Gasteiger partial charge in [0.1, 0.15) is 7.85 Å². The molecule has 0 aliphatic rings. The number of methoxy groups -OCH3 is 1. The first-order chi connectivity index (χ1) is 5.65. The summed E-state index contributed by atoms with van der Waals surface area (Å²) in [6.07, 6.45) is 1.54. The van der Waals surface area contributed by atoms with Gasteiger partial charge in [-0.05, 0) is 5.59 Å². The van der Waals surface area contributed by atoms with E-state index in [0.717, 1.165) is 11.1 Å². The minimum atomic E-state index is -0.333. The van der Waals surface area contributed by atoms with Gasteiger partial charge >= 0.3 is 5.97 Å². The van der Waals surface area contributed by atoms with Crippen LogP contribution in [0.3, 0.4) is 0 Å². The lowest BCUT2D eigenvalue weighted by molar-refractivity contribution is 0.0602. The first-order valence-electron chi connectivity index (χ1n) is 3.66. The summed E-state index contributed by atoms with van der Waals surface area (Å²) in [5.74, 6) is -0.333. The highest BCUT2D eigenvalue weighted by Crippen LogP contribution is 1.92. The van der Waals surface area contributed by atoms with Gasteiger partial charge in [-0.1, -0.05) is 11.5 Å². The molecule has 0 amide bonds. The first-order valence-corrected chi connectivity index (χ1v) is 3.66. The van der Waals surface area contributed by atoms with Crippen LogP contribution >= 0.6 is 0 Å². The van der Waals surface area contributed by atoms with Crippen LogP contribution in [0.5, 0.6) is 0 Å². The Balaban J connectivity index is 3.09. The van der Waals surface area contributed by atoms with Crippen LogP contribution in [0, 0.1) is 0 Å². The van der Waals surface area contributed by atoms with Crippen LogP contribution in [0.1, 0.15) is 10.4 Å². The summed E-state index contributed by atoms with van der Waals surface area (Å²) in [6.45, 7) is 0. The predicted octanol–water partition coefficient (Wildman–Crippen LogP) is -2.61. The van der Waals surface area contributed by atoms with Crippen molar-refractivity contribution in [2.24, 2.45) is 0 Å². The summed E-state index contributed by atoms with van der Waals surface area (Å²) in [4.78, 5) is 15.1. The largest absolute Gasteiger partial charge is 0.465 e. The highest BCUT2D eigenvalue weighted by atomic mass is 16.5. The minimum Gasteiger partial charge on any atom is -0.465 e. The number of hydrogen-bond donors (Lipinski definition) is 0. The van der Waals surface area contributed by atoms with Crippen LogP contribution in [-0.4, -0.2) is 33.8 Å². The fourth-order valence-corrected chi connectivity index (χ4v) is 1.02. The molecule has 0 radical (unpaired) electrons. The van der Waals surface area contributed by atoms with Crippen molar-refractivity contribution in [2.45, 2.75) is 0 Å². The summed E-state index contributed by atoms with van der Waals surface area (Å²) >= 11 is 0. The molecule has 0 saturated carbocycles. The molecule has 0 fully saturated rings. The second-order valence-corrected chi connectivity index (χ2v) is 2.63. The quantitative estimate of drug-likeness (QED) is 0.334. The van der Waals surface area contributed by atoms with Crippen molar-refractivity contribution in [1.82, 2.24) is 4.98 Å². The number of carbonyl (C=O) groups is 1. The van der Waals surface area contributed by atoms with Gasteiger partial charge in [0.15, 0.2) is 7.85 Å². The van der Waals surface area contributed by atoms with Gasteiger partial charge in [0.2, 0.25) is 0 Å². The van der Waals surface area contributed by atoms with Crippen LogP contribution in [0.25, 0.3) is 0 Å². The van der Waals surface area contributed by atoms with Gasteiger partial charge in [-0.2, -0.15) is 0 Å². The average molecular weight is 161 g/mol. The lowest BCUT2D eigenvalue weighted by Gasteiger charge is -2.03. The SMILES string of the molecule is Bc1cc(B)c(C(=O)OC)cn1. The average Bonchev–Trinajstić information content (AvgIpc) is 2.03. The number of aromatic nitrogens is 1. The third-order valence-electron chi connectivity index (χ3n) is 1.65. The van der Waals surface area contributed by atoms with E-state index in [9.17, 15) is 4.79 Å². The zero-order valence-corrected chi connectivity index (χ0v) is 7.42. The Labute approximate surface area is 73.0 Å². The molecule has 3 nitrogen and oxygen atoms in total. The van der Waals surface area contributed by atoms with E-state index >= 15 is 0 Å². The number of rotatable bonds is 1. The van der Waals surface area contributed by atoms with Crippen molar-refractivity contribution < 1.29 is 9.53 Å². The second-order valence-electron chi connectivity index (χ2n) is 2.63. The lowest BCUT2D eigenvalue weighted by atomic mass is 9.88. The predicted molar refractivity (Wildman–Crippen MR) is 51.9 cm³/mol. The van der Waals surface area contributed by atoms with Gasteiger partial charge in [0, 0.05) is 6.20 Å². The molecule has 0 spiro atoms. The van der Waals surface area contributed by atoms with Crippen molar-refractivity contribution in [1.29, 1.82) is 0 Å². The van der Waals surface area contributed by atoms with E-state index in [1.807, 2.05) is 21.8 Å². The zero-order chi connectivity index (χ0) is 9.14. The number of esters is 1. The van der Waals surface area contributed by atoms with Crippen LogP contribution in [0.2, 0.25) is 0 Å². The maximum Gasteiger partial charge on any atom is 0.338 e. The molecule has 0 bridgehead atoms. The molecule has 1 rings (SSSR count). The van der Waals surface area contributed by atoms with Crippen LogP contribution in [-0.2, 0) is 4.74 Å². The highest BCUT2D eigenvalue weighted by molar-refractivity contribution is 6.39. The molecule has 12 heavy (non-hydrogen) atoms. The van der Waals surface area contributed by atoms with Crippen molar-refractivity contribution in [2.75, 3.05) is 7.11 Å². The van der Waals surface area contributed by atoms with E-state index in [1.165, 1.54) is 13.3 Å². The number of pyridine rings is 1. The molecule has 1 aromatic rings. The molecule has 0 aliphatic heterocycles. The number of hydrogen-bond acceptors (Lipinski definition) is 3. The molecule has 0 aliphatic carbocycles. The van der Waals surface area contributed by atoms with Crippen molar-refractivity contribution in [3.05, 3.63) is 17.8 Å². The van der Waals surface area contributed by atoms with E-state index in [4.69, 9.17) is 0 Å². The Morgan fingerprint density at radius 2 is 2.25 bits per heavy atom. The maximum atomic E-state index is 11.1. The van der Waals surface area contributed by atoms with Gasteiger partial charge in [-0.3, -0.25) is 4.98 Å². The van der Waals surface area contributed by atoms with Crippen molar-refractivity contribution in [3.8, 4) is 0 Å². The number of nitrogens with zero attached hydrogens (tertiary/aromatic N) is 1. The zero-order valence-electron chi connectivity index (χ0n) is 7.42. The van der Waals surface area contributed by atoms with E-state index < -0.39 is 0 Å². The maximum absolute atomic E-state index is 11.1. The van der Waals surface area contributed by atoms with E-state index in [-0.39, 0.29) is 5.97 Å². The van der Waals surface area contributed by atoms with E-state index in [2.05, 4.69) is 9.72 Å².